The fourth-order valence-electron chi connectivity index (χ4n) is 9.34. The van der Waals surface area contributed by atoms with Crippen molar-refractivity contribution in [2.75, 3.05) is 47.5 Å². The molecule has 2 aliphatic rings. The summed E-state index contributed by atoms with van der Waals surface area (Å²) in [6.07, 6.45) is 8.48. The number of unbranched alkanes of at least 4 members (excludes halogenated alkanes) is 2. The van der Waals surface area contributed by atoms with E-state index in [1.54, 1.807) is 25.1 Å². The standard InChI is InChI=1S/C43H56N4O13S5/c1-7-9-10-23-46-34-20-18-30-32(14-11-15-36(30)63(54,55)44-8-2)40(34)42(3,4)38(46)16-12-17-39-43(5,6)41-33-27-29(65(58,59)60)28-37(64(56,57)45-22-26-62(51,52)53)31(33)19-21-35(41)47(39)24-13-25-61(48,49)50/h11-12,14-21,27-28,39,44-45H,7-10,13,22-26H2,1-6H3,(H,48,49,50)(H,51,52,53)(H,58,59,60)/p-1/b17-12+,38-16+. The lowest BCUT2D eigenvalue weighted by atomic mass is 9.78. The minimum Gasteiger partial charge on any atom is -0.748 e. The fourth-order valence-corrected chi connectivity index (χ4v) is 13.5. The van der Waals surface area contributed by atoms with E-state index < -0.39 is 95.1 Å². The number of benzene rings is 4. The molecule has 17 nitrogen and oxygen atoms in total. The Kier molecular flexibility index (Phi) is 14.2. The normalized spacial score (nSPS) is 18.4. The lowest BCUT2D eigenvalue weighted by molar-refractivity contribution is 0.456. The van der Waals surface area contributed by atoms with Crippen LogP contribution in [0.1, 0.15) is 78.4 Å². The van der Waals surface area contributed by atoms with Gasteiger partial charge in [0.25, 0.3) is 20.2 Å². The Morgan fingerprint density at radius 2 is 1.35 bits per heavy atom. The maximum atomic E-state index is 13.7. The quantitative estimate of drug-likeness (QED) is 0.0664. The molecule has 22 heteroatoms. The number of hydrogen-bond acceptors (Lipinski definition) is 13. The molecule has 2 heterocycles. The number of nitrogens with zero attached hydrogens (tertiary/aromatic N) is 2. The van der Waals surface area contributed by atoms with Crippen LogP contribution >= 0.6 is 0 Å². The number of hydrogen-bond donors (Lipinski definition) is 4. The zero-order chi connectivity index (χ0) is 48.1. The van der Waals surface area contributed by atoms with E-state index in [4.69, 9.17) is 0 Å². The van der Waals surface area contributed by atoms with E-state index in [1.807, 2.05) is 55.2 Å². The van der Waals surface area contributed by atoms with Gasteiger partial charge in [0.15, 0.2) is 0 Å². The molecule has 0 bridgehead atoms. The molecule has 4 aromatic rings. The minimum atomic E-state index is -5.03. The Hall–Kier alpha value is -3.97. The third-order valence-electron chi connectivity index (χ3n) is 12.1. The summed E-state index contributed by atoms with van der Waals surface area (Å²) in [4.78, 5) is 2.92. The van der Waals surface area contributed by atoms with Crippen LogP contribution < -0.4 is 19.2 Å². The summed E-state index contributed by atoms with van der Waals surface area (Å²) in [5.74, 6) is -1.65. The molecule has 0 spiro atoms. The summed E-state index contributed by atoms with van der Waals surface area (Å²) in [5, 5.41) is 1.52. The number of fused-ring (bicyclic) bond motifs is 6. The highest BCUT2D eigenvalue weighted by Crippen LogP contribution is 2.53. The van der Waals surface area contributed by atoms with Crippen LogP contribution in [0.25, 0.3) is 21.5 Å². The van der Waals surface area contributed by atoms with E-state index in [0.29, 0.717) is 23.2 Å². The van der Waals surface area contributed by atoms with Crippen LogP contribution in [-0.2, 0) is 61.2 Å². The molecule has 356 valence electrons. The highest BCUT2D eigenvalue weighted by atomic mass is 32.2. The lowest BCUT2D eigenvalue weighted by Gasteiger charge is -2.33. The second kappa shape index (κ2) is 18.3. The van der Waals surface area contributed by atoms with Gasteiger partial charge < -0.3 is 14.4 Å². The second-order valence-corrected chi connectivity index (χ2v) is 25.3. The molecular weight excluding hydrogens is 941 g/mol. The number of sulfonamides is 2. The van der Waals surface area contributed by atoms with Gasteiger partial charge in [0.2, 0.25) is 20.0 Å². The number of rotatable bonds is 19. The molecule has 6 rings (SSSR count). The molecule has 0 saturated carbocycles. The molecule has 65 heavy (non-hydrogen) atoms. The zero-order valence-corrected chi connectivity index (χ0v) is 41.0. The third kappa shape index (κ3) is 10.3. The van der Waals surface area contributed by atoms with Crippen molar-refractivity contribution in [1.82, 2.24) is 9.44 Å². The van der Waals surface area contributed by atoms with Crippen LogP contribution in [-0.4, -0.2) is 99.5 Å². The Labute approximate surface area is 382 Å². The molecule has 0 aliphatic carbocycles. The summed E-state index contributed by atoms with van der Waals surface area (Å²) in [5.41, 5.74) is 2.08. The SMILES string of the molecule is CCCCCN1/C(=C/C=C/C2N(CCCS(=O)(=O)[O-])c3ccc4c(S(=O)(=O)NCCS(=O)(=O)O)cc(S(=O)(=O)O)cc4c3C2(C)C)C(C)(C)c2c1ccc1c(S(=O)(=O)NCC)cccc21. The van der Waals surface area contributed by atoms with Crippen LogP contribution in [0.2, 0.25) is 0 Å². The molecule has 0 amide bonds. The largest absolute Gasteiger partial charge is 0.748 e. The van der Waals surface area contributed by atoms with Gasteiger partial charge in [0, 0.05) is 70.6 Å². The van der Waals surface area contributed by atoms with Crippen molar-refractivity contribution in [1.29, 1.82) is 0 Å². The highest BCUT2D eigenvalue weighted by molar-refractivity contribution is 7.90. The van der Waals surface area contributed by atoms with E-state index in [2.05, 4.69) is 35.1 Å². The maximum absolute atomic E-state index is 13.7. The Morgan fingerprint density at radius 1 is 0.708 bits per heavy atom. The van der Waals surface area contributed by atoms with E-state index in [9.17, 15) is 55.7 Å². The number of allylic oxidation sites excluding steroid dienone is 3. The first-order chi connectivity index (χ1) is 30.1. The van der Waals surface area contributed by atoms with E-state index in [0.717, 1.165) is 53.7 Å². The molecular formula is C43H55N4O13S5-. The molecule has 0 aromatic heterocycles. The molecule has 0 saturated heterocycles. The monoisotopic (exact) mass is 995 g/mol. The van der Waals surface area contributed by atoms with Crippen molar-refractivity contribution in [3.63, 3.8) is 0 Å². The van der Waals surface area contributed by atoms with Crippen LogP contribution in [0.5, 0.6) is 0 Å². The van der Waals surface area contributed by atoms with E-state index in [-0.39, 0.29) is 35.2 Å². The molecule has 1 unspecified atom stereocenters. The topological polar surface area (TPSA) is 265 Å². The van der Waals surface area contributed by atoms with Crippen molar-refractivity contribution >= 4 is 83.3 Å². The molecule has 4 N–H and O–H groups in total. The summed E-state index contributed by atoms with van der Waals surface area (Å²) >= 11 is 0. The highest BCUT2D eigenvalue weighted by Gasteiger charge is 2.45. The Morgan fingerprint density at radius 3 is 1.97 bits per heavy atom. The van der Waals surface area contributed by atoms with Crippen molar-refractivity contribution in [3.8, 4) is 0 Å². The first-order valence-electron chi connectivity index (χ1n) is 21.0. The first-order valence-corrected chi connectivity index (χ1v) is 28.6. The van der Waals surface area contributed by atoms with Crippen LogP contribution in [0.15, 0.2) is 93.2 Å². The van der Waals surface area contributed by atoms with Crippen molar-refractivity contribution < 1.29 is 55.7 Å². The molecule has 2 aliphatic heterocycles. The van der Waals surface area contributed by atoms with Gasteiger partial charge in [-0.15, -0.1) is 0 Å². The van der Waals surface area contributed by atoms with Gasteiger partial charge in [-0.1, -0.05) is 90.8 Å². The predicted molar refractivity (Wildman–Crippen MR) is 251 cm³/mol. The second-order valence-electron chi connectivity index (χ2n) is 17.3. The van der Waals surface area contributed by atoms with Crippen LogP contribution in [0.3, 0.4) is 0 Å². The lowest BCUT2D eigenvalue weighted by Crippen LogP contribution is -2.41. The fraction of sp³-hybridized carbons (Fsp3) is 0.442. The van der Waals surface area contributed by atoms with E-state index in [1.165, 1.54) is 6.07 Å². The maximum Gasteiger partial charge on any atom is 0.294 e. The summed E-state index contributed by atoms with van der Waals surface area (Å²) in [6.45, 7) is 11.8. The van der Waals surface area contributed by atoms with E-state index >= 15 is 0 Å². The first kappa shape index (κ1) is 50.4. The van der Waals surface area contributed by atoms with Gasteiger partial charge in [-0.25, -0.2) is 34.7 Å². The van der Waals surface area contributed by atoms with Crippen molar-refractivity contribution in [2.45, 2.75) is 98.8 Å². The van der Waals surface area contributed by atoms with Gasteiger partial charge >= 0.3 is 0 Å². The average molecular weight is 996 g/mol. The van der Waals surface area contributed by atoms with Crippen molar-refractivity contribution in [2.24, 2.45) is 0 Å². The summed E-state index contributed by atoms with van der Waals surface area (Å²) in [6, 6.07) is 13.3. The Balaban J connectivity index is 1.51. The third-order valence-corrected chi connectivity index (χ3v) is 17.6. The van der Waals surface area contributed by atoms with Crippen LogP contribution in [0.4, 0.5) is 11.4 Å². The number of anilines is 2. The summed E-state index contributed by atoms with van der Waals surface area (Å²) < 4.78 is 162. The summed E-state index contributed by atoms with van der Waals surface area (Å²) in [7, 11) is -22.7. The Bertz CT molecular complexity index is 3170. The van der Waals surface area contributed by atoms with Crippen LogP contribution in [0, 0.1) is 0 Å². The molecule has 0 fully saturated rings. The minimum absolute atomic E-state index is 0.0271. The number of nitrogens with one attached hydrogen (secondary N) is 2. The van der Waals surface area contributed by atoms with Gasteiger partial charge in [0.1, 0.15) is 0 Å². The molecule has 0 radical (unpaired) electrons. The van der Waals surface area contributed by atoms with Gasteiger partial charge in [-0.3, -0.25) is 9.11 Å². The smallest absolute Gasteiger partial charge is 0.294 e. The van der Waals surface area contributed by atoms with Gasteiger partial charge in [0.05, 0.1) is 36.6 Å². The predicted octanol–water partition coefficient (Wildman–Crippen LogP) is 5.53. The van der Waals surface area contributed by atoms with Gasteiger partial charge in [-0.05, 0) is 71.1 Å². The van der Waals surface area contributed by atoms with Gasteiger partial charge in [-0.2, -0.15) is 16.8 Å². The zero-order valence-electron chi connectivity index (χ0n) is 36.9. The van der Waals surface area contributed by atoms with Crippen molar-refractivity contribution in [3.05, 3.63) is 89.6 Å². The molecule has 1 atom stereocenters. The molecule has 4 aromatic carbocycles. The average Bonchev–Trinajstić information content (AvgIpc) is 3.54.